The van der Waals surface area contributed by atoms with E-state index >= 15 is 0 Å². The molecule has 1 aromatic carbocycles. The van der Waals surface area contributed by atoms with Crippen molar-refractivity contribution in [1.82, 2.24) is 0 Å². The van der Waals surface area contributed by atoms with Gasteiger partial charge in [0.05, 0.1) is 0 Å². The van der Waals surface area contributed by atoms with E-state index in [9.17, 15) is 0 Å². The summed E-state index contributed by atoms with van der Waals surface area (Å²) < 4.78 is 0. The minimum Gasteiger partial charge on any atom is -0.389 e. The van der Waals surface area contributed by atoms with Crippen molar-refractivity contribution in [2.24, 2.45) is 5.73 Å². The average molecular weight is 258 g/mol. The molecule has 0 unspecified atom stereocenters. The van der Waals surface area contributed by atoms with Crippen LogP contribution in [-0.2, 0) is 6.42 Å². The monoisotopic (exact) mass is 257 g/mol. The Labute approximate surface area is 92.5 Å². The number of nitrogens with two attached hydrogens (primary N) is 1. The van der Waals surface area contributed by atoms with Crippen LogP contribution in [0.5, 0.6) is 0 Å². The highest BCUT2D eigenvalue weighted by molar-refractivity contribution is 9.09. The van der Waals surface area contributed by atoms with E-state index in [-0.39, 0.29) is 0 Å². The summed E-state index contributed by atoms with van der Waals surface area (Å²) in [7, 11) is 0. The van der Waals surface area contributed by atoms with Gasteiger partial charge in [-0.1, -0.05) is 46.3 Å². The van der Waals surface area contributed by atoms with Crippen molar-refractivity contribution in [3.63, 3.8) is 0 Å². The van der Waals surface area contributed by atoms with Crippen LogP contribution < -0.4 is 5.73 Å². The molecule has 0 aliphatic rings. The SMILES string of the molecule is NC(=S)c1cccc(CCCBr)c1. The van der Waals surface area contributed by atoms with Crippen molar-refractivity contribution in [2.45, 2.75) is 12.8 Å². The second-order valence-corrected chi connectivity index (χ2v) is 4.09. The Kier molecular flexibility index (Phi) is 4.39. The topological polar surface area (TPSA) is 26.0 Å². The average Bonchev–Trinajstić information content (AvgIpc) is 2.15. The zero-order valence-electron chi connectivity index (χ0n) is 7.29. The minimum absolute atomic E-state index is 0.473. The van der Waals surface area contributed by atoms with E-state index in [1.165, 1.54) is 5.56 Å². The molecule has 0 amide bonds. The third-order valence-corrected chi connectivity index (χ3v) is 2.61. The number of halogens is 1. The molecular formula is C10H12BrNS. The van der Waals surface area contributed by atoms with Crippen molar-refractivity contribution in [3.05, 3.63) is 35.4 Å². The quantitative estimate of drug-likeness (QED) is 0.663. The van der Waals surface area contributed by atoms with E-state index < -0.39 is 0 Å². The fourth-order valence-corrected chi connectivity index (χ4v) is 1.56. The Morgan fingerprint density at radius 1 is 1.46 bits per heavy atom. The molecule has 0 bridgehead atoms. The Hall–Kier alpha value is -0.410. The number of rotatable bonds is 4. The molecule has 1 nitrogen and oxygen atoms in total. The normalized spacial score (nSPS) is 9.92. The molecule has 13 heavy (non-hydrogen) atoms. The second-order valence-electron chi connectivity index (χ2n) is 2.86. The van der Waals surface area contributed by atoms with Crippen LogP contribution in [0.25, 0.3) is 0 Å². The predicted octanol–water partition coefficient (Wildman–Crippen LogP) is 2.65. The number of alkyl halides is 1. The van der Waals surface area contributed by atoms with Gasteiger partial charge in [-0.05, 0) is 24.5 Å². The molecule has 70 valence electrons. The van der Waals surface area contributed by atoms with Gasteiger partial charge in [0.2, 0.25) is 0 Å². The zero-order valence-corrected chi connectivity index (χ0v) is 9.70. The number of hydrogen-bond donors (Lipinski definition) is 1. The van der Waals surface area contributed by atoms with E-state index in [4.69, 9.17) is 18.0 Å². The van der Waals surface area contributed by atoms with Crippen LogP contribution in [0, 0.1) is 0 Å². The lowest BCUT2D eigenvalue weighted by Crippen LogP contribution is -2.09. The van der Waals surface area contributed by atoms with Gasteiger partial charge in [0.1, 0.15) is 4.99 Å². The molecule has 3 heteroatoms. The Bertz CT molecular complexity index is 299. The first-order valence-electron chi connectivity index (χ1n) is 4.18. The summed E-state index contributed by atoms with van der Waals surface area (Å²) in [6.45, 7) is 0. The molecule has 1 rings (SSSR count). The Balaban J connectivity index is 2.73. The lowest BCUT2D eigenvalue weighted by molar-refractivity contribution is 0.939. The van der Waals surface area contributed by atoms with Gasteiger partial charge in [-0.2, -0.15) is 0 Å². The fraction of sp³-hybridized carbons (Fsp3) is 0.300. The van der Waals surface area contributed by atoms with Gasteiger partial charge in [0, 0.05) is 10.9 Å². The number of thiocarbonyl (C=S) groups is 1. The van der Waals surface area contributed by atoms with Gasteiger partial charge in [-0.25, -0.2) is 0 Å². The van der Waals surface area contributed by atoms with Gasteiger partial charge >= 0.3 is 0 Å². The first kappa shape index (κ1) is 10.7. The number of aryl methyl sites for hydroxylation is 1. The summed E-state index contributed by atoms with van der Waals surface area (Å²) >= 11 is 8.31. The summed E-state index contributed by atoms with van der Waals surface area (Å²) in [5, 5.41) is 1.03. The van der Waals surface area contributed by atoms with Gasteiger partial charge < -0.3 is 5.73 Å². The van der Waals surface area contributed by atoms with E-state index in [2.05, 4.69) is 28.1 Å². The molecule has 0 heterocycles. The molecule has 1 aromatic rings. The van der Waals surface area contributed by atoms with Crippen LogP contribution in [0.15, 0.2) is 24.3 Å². The maximum Gasteiger partial charge on any atom is 0.103 e. The molecule has 2 N–H and O–H groups in total. The largest absolute Gasteiger partial charge is 0.389 e. The van der Waals surface area contributed by atoms with Crippen LogP contribution in [0.3, 0.4) is 0 Å². The van der Waals surface area contributed by atoms with Gasteiger partial charge in [0.15, 0.2) is 0 Å². The maximum absolute atomic E-state index is 5.53. The molecule has 0 spiro atoms. The summed E-state index contributed by atoms with van der Waals surface area (Å²) in [6.07, 6.45) is 2.21. The lowest BCUT2D eigenvalue weighted by Gasteiger charge is -2.02. The summed E-state index contributed by atoms with van der Waals surface area (Å²) in [5.74, 6) is 0. The van der Waals surface area contributed by atoms with Crippen LogP contribution in [0.2, 0.25) is 0 Å². The van der Waals surface area contributed by atoms with E-state index in [1.54, 1.807) is 0 Å². The van der Waals surface area contributed by atoms with Crippen LogP contribution in [-0.4, -0.2) is 10.3 Å². The molecule has 0 saturated carbocycles. The predicted molar refractivity (Wildman–Crippen MR) is 64.4 cm³/mol. The van der Waals surface area contributed by atoms with Crippen LogP contribution >= 0.6 is 28.1 Å². The van der Waals surface area contributed by atoms with E-state index in [0.717, 1.165) is 23.7 Å². The van der Waals surface area contributed by atoms with Crippen LogP contribution in [0.1, 0.15) is 17.5 Å². The molecule has 0 aliphatic heterocycles. The highest BCUT2D eigenvalue weighted by atomic mass is 79.9. The van der Waals surface area contributed by atoms with Crippen LogP contribution in [0.4, 0.5) is 0 Å². The first-order valence-corrected chi connectivity index (χ1v) is 5.71. The molecule has 0 aliphatic carbocycles. The smallest absolute Gasteiger partial charge is 0.103 e. The third kappa shape index (κ3) is 3.44. The van der Waals surface area contributed by atoms with Crippen molar-refractivity contribution >= 4 is 33.1 Å². The molecular weight excluding hydrogens is 246 g/mol. The van der Waals surface area contributed by atoms with Crippen molar-refractivity contribution in [2.75, 3.05) is 5.33 Å². The van der Waals surface area contributed by atoms with Gasteiger partial charge in [0.25, 0.3) is 0 Å². The molecule has 0 saturated heterocycles. The lowest BCUT2D eigenvalue weighted by atomic mass is 10.1. The standard InChI is InChI=1S/C10H12BrNS/c11-6-2-4-8-3-1-5-9(7-8)10(12)13/h1,3,5,7H,2,4,6H2,(H2,12,13). The van der Waals surface area contributed by atoms with Gasteiger partial charge in [-0.3, -0.25) is 0 Å². The molecule has 0 fully saturated rings. The number of benzene rings is 1. The summed E-state index contributed by atoms with van der Waals surface area (Å²) in [5.41, 5.74) is 7.79. The molecule has 0 atom stereocenters. The zero-order chi connectivity index (χ0) is 9.68. The highest BCUT2D eigenvalue weighted by Gasteiger charge is 1.97. The first-order chi connectivity index (χ1) is 6.24. The third-order valence-electron chi connectivity index (χ3n) is 1.81. The van der Waals surface area contributed by atoms with E-state index in [1.807, 2.05) is 12.1 Å². The Morgan fingerprint density at radius 2 is 2.23 bits per heavy atom. The van der Waals surface area contributed by atoms with Crippen molar-refractivity contribution < 1.29 is 0 Å². The fourth-order valence-electron chi connectivity index (χ4n) is 1.15. The van der Waals surface area contributed by atoms with E-state index in [0.29, 0.717) is 4.99 Å². The summed E-state index contributed by atoms with van der Waals surface area (Å²) in [4.78, 5) is 0.473. The molecule has 0 aromatic heterocycles. The second kappa shape index (κ2) is 5.35. The van der Waals surface area contributed by atoms with Crippen molar-refractivity contribution in [3.8, 4) is 0 Å². The molecule has 0 radical (unpaired) electrons. The highest BCUT2D eigenvalue weighted by Crippen LogP contribution is 2.08. The van der Waals surface area contributed by atoms with Crippen molar-refractivity contribution in [1.29, 1.82) is 0 Å². The minimum atomic E-state index is 0.473. The number of hydrogen-bond acceptors (Lipinski definition) is 1. The van der Waals surface area contributed by atoms with Gasteiger partial charge in [-0.15, -0.1) is 0 Å². The maximum atomic E-state index is 5.53. The Morgan fingerprint density at radius 3 is 2.85 bits per heavy atom. The summed E-state index contributed by atoms with van der Waals surface area (Å²) in [6, 6.07) is 8.10.